The number of nitrogens with zero attached hydrogens (tertiary/aromatic N) is 3. The van der Waals surface area contributed by atoms with Gasteiger partial charge in [0, 0.05) is 32.2 Å². The molecule has 2 saturated heterocycles. The number of carbonyl (C=O) groups excluding carboxylic acids is 1. The minimum atomic E-state index is -3.69. The Morgan fingerprint density at radius 3 is 2.77 bits per heavy atom. The molecule has 26 heavy (non-hydrogen) atoms. The number of carbonyl (C=O) groups is 1. The van der Waals surface area contributed by atoms with E-state index in [9.17, 15) is 13.2 Å². The van der Waals surface area contributed by atoms with E-state index in [1.54, 1.807) is 24.0 Å². The van der Waals surface area contributed by atoms with E-state index in [4.69, 9.17) is 5.26 Å². The number of amides is 1. The zero-order chi connectivity index (χ0) is 18.0. The number of rotatable bonds is 3. The molecule has 1 N–H and O–H groups in total. The number of hydrogen-bond acceptors (Lipinski definition) is 5. The minimum Gasteiger partial charge on any atom is -0.336 e. The van der Waals surface area contributed by atoms with Gasteiger partial charge in [0.25, 0.3) is 0 Å². The summed E-state index contributed by atoms with van der Waals surface area (Å²) in [5.74, 6) is 0.0261. The number of nitrogens with one attached hydrogen (secondary N) is 1. The summed E-state index contributed by atoms with van der Waals surface area (Å²) in [4.78, 5) is 14.1. The Balaban J connectivity index is 0.00000243. The van der Waals surface area contributed by atoms with Crippen LogP contribution in [-0.4, -0.2) is 62.3 Å². The van der Waals surface area contributed by atoms with Crippen LogP contribution in [0.25, 0.3) is 0 Å². The zero-order valence-electron chi connectivity index (χ0n) is 14.6. The number of aryl methyl sites for hydroxylation is 1. The third kappa shape index (κ3) is 4.01. The molecule has 1 atom stereocenters. The maximum absolute atomic E-state index is 13.1. The quantitative estimate of drug-likeness (QED) is 0.815. The first kappa shape index (κ1) is 20.6. The minimum absolute atomic E-state index is 0. The van der Waals surface area contributed by atoms with Gasteiger partial charge in [0.05, 0.1) is 23.1 Å². The summed E-state index contributed by atoms with van der Waals surface area (Å²) in [6.45, 7) is 4.14. The normalized spacial score (nSPS) is 21.8. The number of piperazine rings is 1. The van der Waals surface area contributed by atoms with Gasteiger partial charge in [-0.05, 0) is 37.5 Å². The molecular weight excluding hydrogens is 376 g/mol. The summed E-state index contributed by atoms with van der Waals surface area (Å²) in [5.41, 5.74) is 0.953. The largest absolute Gasteiger partial charge is 0.336 e. The van der Waals surface area contributed by atoms with Crippen LogP contribution in [0, 0.1) is 18.3 Å². The molecule has 2 aliphatic heterocycles. The van der Waals surface area contributed by atoms with Crippen molar-refractivity contribution in [3.8, 4) is 6.07 Å². The van der Waals surface area contributed by atoms with Crippen molar-refractivity contribution < 1.29 is 13.2 Å². The highest BCUT2D eigenvalue weighted by atomic mass is 35.5. The summed E-state index contributed by atoms with van der Waals surface area (Å²) >= 11 is 0. The fourth-order valence-corrected chi connectivity index (χ4v) is 5.25. The molecule has 0 aromatic heterocycles. The van der Waals surface area contributed by atoms with Crippen molar-refractivity contribution >= 4 is 28.3 Å². The molecule has 1 aromatic carbocycles. The molecule has 9 heteroatoms. The van der Waals surface area contributed by atoms with E-state index in [0.717, 1.165) is 19.4 Å². The first-order valence-corrected chi connectivity index (χ1v) is 9.88. The second-order valence-corrected chi connectivity index (χ2v) is 8.42. The topological polar surface area (TPSA) is 93.5 Å². The monoisotopic (exact) mass is 398 g/mol. The van der Waals surface area contributed by atoms with Crippen molar-refractivity contribution in [3.05, 3.63) is 29.3 Å². The van der Waals surface area contributed by atoms with Crippen LogP contribution in [0.15, 0.2) is 23.1 Å². The van der Waals surface area contributed by atoms with E-state index in [0.29, 0.717) is 37.3 Å². The smallest absolute Gasteiger partial charge is 0.243 e. The fourth-order valence-electron chi connectivity index (χ4n) is 3.49. The summed E-state index contributed by atoms with van der Waals surface area (Å²) in [7, 11) is -3.69. The third-order valence-electron chi connectivity index (χ3n) is 4.86. The van der Waals surface area contributed by atoms with Gasteiger partial charge in [-0.25, -0.2) is 8.42 Å². The number of sulfonamides is 1. The molecule has 2 heterocycles. The average Bonchev–Trinajstić information content (AvgIpc) is 2.62. The molecule has 7 nitrogen and oxygen atoms in total. The van der Waals surface area contributed by atoms with Gasteiger partial charge in [0.2, 0.25) is 15.9 Å². The number of nitriles is 1. The van der Waals surface area contributed by atoms with Crippen LogP contribution in [-0.2, 0) is 14.8 Å². The van der Waals surface area contributed by atoms with E-state index in [2.05, 4.69) is 5.32 Å². The standard InChI is InChI=1S/C17H22N4O3S.ClH/c1-13-4-5-14(10-18)9-16(13)25(23,24)20-7-2-3-15(12-20)21-8-6-19-11-17(21)22;/h4-5,9,15,19H,2-3,6-8,11-12H2,1H3;1H. The molecule has 0 aliphatic carbocycles. The number of halogens is 1. The molecule has 1 aromatic rings. The van der Waals surface area contributed by atoms with E-state index >= 15 is 0 Å². The van der Waals surface area contributed by atoms with Gasteiger partial charge in [-0.2, -0.15) is 9.57 Å². The van der Waals surface area contributed by atoms with Gasteiger partial charge in [0.15, 0.2) is 0 Å². The van der Waals surface area contributed by atoms with E-state index in [-0.39, 0.29) is 29.3 Å². The van der Waals surface area contributed by atoms with Crippen LogP contribution in [0.3, 0.4) is 0 Å². The number of hydrogen-bond donors (Lipinski definition) is 1. The molecule has 2 fully saturated rings. The lowest BCUT2D eigenvalue weighted by Crippen LogP contribution is -2.57. The van der Waals surface area contributed by atoms with Crippen LogP contribution in [0.4, 0.5) is 0 Å². The highest BCUT2D eigenvalue weighted by Gasteiger charge is 2.35. The third-order valence-corrected chi connectivity index (χ3v) is 6.87. The Morgan fingerprint density at radius 1 is 1.31 bits per heavy atom. The lowest BCUT2D eigenvalue weighted by molar-refractivity contribution is -0.135. The predicted molar refractivity (Wildman–Crippen MR) is 99.5 cm³/mol. The van der Waals surface area contributed by atoms with Crippen molar-refractivity contribution in [2.45, 2.75) is 30.7 Å². The van der Waals surface area contributed by atoms with Crippen LogP contribution in [0.1, 0.15) is 24.0 Å². The molecule has 142 valence electrons. The number of benzene rings is 1. The van der Waals surface area contributed by atoms with Gasteiger partial charge < -0.3 is 10.2 Å². The first-order chi connectivity index (χ1) is 11.9. The van der Waals surface area contributed by atoms with Gasteiger partial charge in [-0.3, -0.25) is 4.79 Å². The Morgan fingerprint density at radius 2 is 2.08 bits per heavy atom. The second kappa shape index (κ2) is 8.35. The fraction of sp³-hybridized carbons (Fsp3) is 0.529. The van der Waals surface area contributed by atoms with Gasteiger partial charge in [-0.1, -0.05) is 6.07 Å². The summed E-state index contributed by atoms with van der Waals surface area (Å²) < 4.78 is 27.6. The average molecular weight is 399 g/mol. The van der Waals surface area contributed by atoms with E-state index in [1.807, 2.05) is 6.07 Å². The number of piperidine rings is 1. The molecule has 1 unspecified atom stereocenters. The maximum atomic E-state index is 13.1. The van der Waals surface area contributed by atoms with Crippen molar-refractivity contribution in [1.82, 2.24) is 14.5 Å². The van der Waals surface area contributed by atoms with Crippen LogP contribution in [0.2, 0.25) is 0 Å². The Bertz CT molecular complexity index is 822. The highest BCUT2D eigenvalue weighted by Crippen LogP contribution is 2.26. The zero-order valence-corrected chi connectivity index (χ0v) is 16.3. The maximum Gasteiger partial charge on any atom is 0.243 e. The predicted octanol–water partition coefficient (Wildman–Crippen LogP) is 0.873. The lowest BCUT2D eigenvalue weighted by atomic mass is 10.1. The molecule has 0 bridgehead atoms. The Hall–Kier alpha value is -1.66. The van der Waals surface area contributed by atoms with Crippen LogP contribution < -0.4 is 5.32 Å². The SMILES string of the molecule is Cc1ccc(C#N)cc1S(=O)(=O)N1CCCC(N2CCNCC2=O)C1.Cl. The first-order valence-electron chi connectivity index (χ1n) is 8.44. The molecule has 0 spiro atoms. The van der Waals surface area contributed by atoms with E-state index in [1.165, 1.54) is 10.4 Å². The summed E-state index contributed by atoms with van der Waals surface area (Å²) in [6, 6.07) is 6.62. The van der Waals surface area contributed by atoms with Gasteiger partial charge in [-0.15, -0.1) is 12.4 Å². The molecule has 0 radical (unpaired) electrons. The van der Waals surface area contributed by atoms with Gasteiger partial charge in [0.1, 0.15) is 0 Å². The second-order valence-electron chi connectivity index (χ2n) is 6.52. The van der Waals surface area contributed by atoms with E-state index < -0.39 is 10.0 Å². The Labute approximate surface area is 160 Å². The molecular formula is C17H23ClN4O3S. The highest BCUT2D eigenvalue weighted by molar-refractivity contribution is 7.89. The molecule has 2 aliphatic rings. The lowest BCUT2D eigenvalue weighted by Gasteiger charge is -2.40. The van der Waals surface area contributed by atoms with Crippen molar-refractivity contribution in [1.29, 1.82) is 5.26 Å². The summed E-state index contributed by atoms with van der Waals surface area (Å²) in [5, 5.41) is 12.1. The van der Waals surface area contributed by atoms with Crippen molar-refractivity contribution in [2.75, 3.05) is 32.7 Å². The molecule has 1 amide bonds. The van der Waals surface area contributed by atoms with Crippen LogP contribution in [0.5, 0.6) is 0 Å². The van der Waals surface area contributed by atoms with Crippen LogP contribution >= 0.6 is 12.4 Å². The van der Waals surface area contributed by atoms with Crippen molar-refractivity contribution in [2.24, 2.45) is 0 Å². The van der Waals surface area contributed by atoms with Gasteiger partial charge >= 0.3 is 0 Å². The molecule has 3 rings (SSSR count). The summed E-state index contributed by atoms with van der Waals surface area (Å²) in [6.07, 6.45) is 1.53. The Kier molecular flexibility index (Phi) is 6.64. The van der Waals surface area contributed by atoms with Crippen molar-refractivity contribution in [3.63, 3.8) is 0 Å². The molecule has 0 saturated carbocycles.